The molecule has 1 heterocycles. The van der Waals surface area contributed by atoms with Gasteiger partial charge in [0.05, 0.1) is 12.2 Å². The van der Waals surface area contributed by atoms with E-state index in [1.807, 2.05) is 0 Å². The Kier molecular flexibility index (Phi) is 5.74. The number of hydrogen-bond acceptors (Lipinski definition) is 6. The van der Waals surface area contributed by atoms with Crippen molar-refractivity contribution in [3.63, 3.8) is 0 Å². The highest BCUT2D eigenvalue weighted by Crippen LogP contribution is 2.31. The minimum atomic E-state index is -6.02. The van der Waals surface area contributed by atoms with Crippen molar-refractivity contribution in [1.82, 2.24) is 10.3 Å². The van der Waals surface area contributed by atoms with Crippen molar-refractivity contribution in [2.45, 2.75) is 38.4 Å². The summed E-state index contributed by atoms with van der Waals surface area (Å²) in [5, 5.41) is 2.35. The Morgan fingerprint density at radius 1 is 1.21 bits per heavy atom. The molecule has 7 nitrogen and oxygen atoms in total. The minimum Gasteiger partial charge on any atom is -0.444 e. The highest BCUT2D eigenvalue weighted by atomic mass is 32.2. The molecular weight excluding hydrogens is 408 g/mol. The lowest BCUT2D eigenvalue weighted by Gasteiger charge is -2.19. The fraction of sp³-hybridized carbons (Fsp3) is 0.375. The van der Waals surface area contributed by atoms with Crippen molar-refractivity contribution in [2.24, 2.45) is 0 Å². The average molecular weight is 424 g/mol. The summed E-state index contributed by atoms with van der Waals surface area (Å²) in [6, 6.07) is 3.05. The van der Waals surface area contributed by atoms with Gasteiger partial charge in [-0.05, 0) is 39.0 Å². The second-order valence-electron chi connectivity index (χ2n) is 6.61. The molecule has 0 radical (unpaired) electrons. The van der Waals surface area contributed by atoms with E-state index >= 15 is 0 Å². The number of halogens is 4. The van der Waals surface area contributed by atoms with E-state index in [-0.39, 0.29) is 23.0 Å². The maximum Gasteiger partial charge on any atom is 0.534 e. The number of rotatable bonds is 4. The first-order chi connectivity index (χ1) is 12.7. The number of alkyl carbamates (subject to hydrolysis) is 1. The highest BCUT2D eigenvalue weighted by molar-refractivity contribution is 7.88. The largest absolute Gasteiger partial charge is 0.534 e. The smallest absolute Gasteiger partial charge is 0.444 e. The molecule has 0 unspecified atom stereocenters. The van der Waals surface area contributed by atoms with Gasteiger partial charge in [0.2, 0.25) is 0 Å². The zero-order chi connectivity index (χ0) is 21.3. The zero-order valence-electron chi connectivity index (χ0n) is 14.9. The first-order valence-electron chi connectivity index (χ1n) is 7.74. The summed E-state index contributed by atoms with van der Waals surface area (Å²) >= 11 is 0. The van der Waals surface area contributed by atoms with Gasteiger partial charge in [0.1, 0.15) is 5.60 Å². The van der Waals surface area contributed by atoms with E-state index in [9.17, 15) is 30.8 Å². The number of ether oxygens (including phenoxy) is 1. The number of hydrogen-bond donors (Lipinski definition) is 1. The number of amides is 1. The SMILES string of the molecule is CC(C)(C)OC(=O)NCc1cc2c(F)c(OS(=O)(=O)C(F)(F)F)ccc2cn1. The van der Waals surface area contributed by atoms with Crippen LogP contribution in [-0.4, -0.2) is 30.6 Å². The standard InChI is InChI=1S/C16H16F4N2O5S/c1-15(2,3)26-14(23)22-8-10-6-11-9(7-21-10)4-5-12(13(11)17)27-28(24,25)16(18,19)20/h4-7H,8H2,1-3H3,(H,22,23). The quantitative estimate of drug-likeness (QED) is 0.458. The molecule has 0 aliphatic carbocycles. The van der Waals surface area contributed by atoms with Gasteiger partial charge in [-0.2, -0.15) is 21.6 Å². The Morgan fingerprint density at radius 3 is 2.43 bits per heavy atom. The molecule has 0 aliphatic rings. The molecule has 12 heteroatoms. The van der Waals surface area contributed by atoms with Crippen LogP contribution in [0.25, 0.3) is 10.8 Å². The van der Waals surface area contributed by atoms with E-state index in [0.717, 1.165) is 18.2 Å². The van der Waals surface area contributed by atoms with Crippen molar-refractivity contribution in [3.05, 3.63) is 35.9 Å². The number of carbonyl (C=O) groups is 1. The van der Waals surface area contributed by atoms with Gasteiger partial charge in [0.15, 0.2) is 11.6 Å². The van der Waals surface area contributed by atoms with Gasteiger partial charge in [-0.3, -0.25) is 4.98 Å². The summed E-state index contributed by atoms with van der Waals surface area (Å²) in [5.74, 6) is -2.42. The number of nitrogens with zero attached hydrogens (tertiary/aromatic N) is 1. The number of fused-ring (bicyclic) bond motifs is 1. The van der Waals surface area contributed by atoms with Crippen molar-refractivity contribution >= 4 is 27.0 Å². The summed E-state index contributed by atoms with van der Waals surface area (Å²) in [4.78, 5) is 15.6. The fourth-order valence-corrected chi connectivity index (χ4v) is 2.47. The Hall–Kier alpha value is -2.63. The Balaban J connectivity index is 2.27. The van der Waals surface area contributed by atoms with Gasteiger partial charge in [-0.15, -0.1) is 0 Å². The van der Waals surface area contributed by atoms with Crippen molar-refractivity contribution < 1.29 is 39.7 Å². The molecule has 1 amide bonds. The van der Waals surface area contributed by atoms with Crippen LogP contribution in [-0.2, 0) is 21.4 Å². The maximum atomic E-state index is 14.5. The van der Waals surface area contributed by atoms with E-state index in [0.29, 0.717) is 0 Å². The molecule has 0 bridgehead atoms. The molecule has 1 aromatic heterocycles. The molecule has 1 N–H and O–H groups in total. The first kappa shape index (κ1) is 21.7. The summed E-state index contributed by atoms with van der Waals surface area (Å²) in [5.41, 5.74) is -6.27. The summed E-state index contributed by atoms with van der Waals surface area (Å²) in [7, 11) is -6.02. The number of aromatic nitrogens is 1. The lowest BCUT2D eigenvalue weighted by molar-refractivity contribution is -0.0500. The summed E-state index contributed by atoms with van der Waals surface area (Å²) in [6.07, 6.45) is 0.468. The molecule has 2 aromatic rings. The number of alkyl halides is 3. The fourth-order valence-electron chi connectivity index (χ4n) is 2.01. The highest BCUT2D eigenvalue weighted by Gasteiger charge is 2.49. The van der Waals surface area contributed by atoms with Crippen LogP contribution in [0.3, 0.4) is 0 Å². The molecule has 0 aliphatic heterocycles. The molecule has 28 heavy (non-hydrogen) atoms. The van der Waals surface area contributed by atoms with Gasteiger partial charge < -0.3 is 14.2 Å². The maximum absolute atomic E-state index is 14.5. The topological polar surface area (TPSA) is 94.6 Å². The zero-order valence-corrected chi connectivity index (χ0v) is 15.7. The Labute approximate surface area is 157 Å². The number of benzene rings is 1. The van der Waals surface area contributed by atoms with E-state index in [4.69, 9.17) is 4.74 Å². The third-order valence-electron chi connectivity index (χ3n) is 3.15. The van der Waals surface area contributed by atoms with Crippen LogP contribution >= 0.6 is 0 Å². The Morgan fingerprint density at radius 2 is 1.86 bits per heavy atom. The van der Waals surface area contributed by atoms with Crippen LogP contribution in [0.2, 0.25) is 0 Å². The lowest BCUT2D eigenvalue weighted by Crippen LogP contribution is -2.32. The van der Waals surface area contributed by atoms with Crippen LogP contribution in [0.5, 0.6) is 5.75 Å². The molecule has 0 atom stereocenters. The molecule has 0 saturated heterocycles. The summed E-state index contributed by atoms with van der Waals surface area (Å²) < 4.78 is 82.8. The molecule has 1 aromatic carbocycles. The van der Waals surface area contributed by atoms with Crippen LogP contribution in [0.1, 0.15) is 26.5 Å². The first-order valence-corrected chi connectivity index (χ1v) is 9.15. The van der Waals surface area contributed by atoms with Gasteiger partial charge in [-0.25, -0.2) is 9.18 Å². The van der Waals surface area contributed by atoms with E-state index in [1.54, 1.807) is 20.8 Å². The van der Waals surface area contributed by atoms with E-state index in [2.05, 4.69) is 14.5 Å². The molecule has 0 saturated carbocycles. The molecular formula is C16H16F4N2O5S. The normalized spacial score (nSPS) is 12.7. The second kappa shape index (κ2) is 7.41. The molecule has 0 fully saturated rings. The minimum absolute atomic E-state index is 0.157. The van der Waals surface area contributed by atoms with Gasteiger partial charge in [-0.1, -0.05) is 0 Å². The number of carbonyl (C=O) groups excluding carboxylic acids is 1. The second-order valence-corrected chi connectivity index (χ2v) is 8.15. The van der Waals surface area contributed by atoms with Crippen molar-refractivity contribution in [2.75, 3.05) is 0 Å². The van der Waals surface area contributed by atoms with Crippen molar-refractivity contribution in [3.8, 4) is 5.75 Å². The Bertz CT molecular complexity index is 1000. The van der Waals surface area contributed by atoms with Gasteiger partial charge in [0.25, 0.3) is 0 Å². The van der Waals surface area contributed by atoms with E-state index < -0.39 is 38.9 Å². The average Bonchev–Trinajstić information content (AvgIpc) is 2.53. The monoisotopic (exact) mass is 424 g/mol. The molecule has 2 rings (SSSR count). The molecule has 154 valence electrons. The van der Waals surface area contributed by atoms with Gasteiger partial charge >= 0.3 is 21.7 Å². The van der Waals surface area contributed by atoms with E-state index in [1.165, 1.54) is 6.20 Å². The lowest BCUT2D eigenvalue weighted by atomic mass is 10.1. The predicted molar refractivity (Wildman–Crippen MR) is 90.4 cm³/mol. The molecule has 0 spiro atoms. The van der Waals surface area contributed by atoms with Crippen LogP contribution in [0, 0.1) is 5.82 Å². The van der Waals surface area contributed by atoms with Crippen LogP contribution in [0.4, 0.5) is 22.4 Å². The number of pyridine rings is 1. The predicted octanol–water partition coefficient (Wildman–Crippen LogP) is 3.63. The number of nitrogens with one attached hydrogen (secondary N) is 1. The third-order valence-corrected chi connectivity index (χ3v) is 4.12. The van der Waals surface area contributed by atoms with Gasteiger partial charge in [0, 0.05) is 17.0 Å². The third kappa shape index (κ3) is 5.21. The van der Waals surface area contributed by atoms with Crippen LogP contribution < -0.4 is 9.50 Å². The summed E-state index contributed by atoms with van der Waals surface area (Å²) in [6.45, 7) is 4.82. The van der Waals surface area contributed by atoms with Crippen LogP contribution in [0.15, 0.2) is 24.4 Å². The van der Waals surface area contributed by atoms with Crippen molar-refractivity contribution in [1.29, 1.82) is 0 Å².